The van der Waals surface area contributed by atoms with Crippen molar-refractivity contribution in [3.8, 4) is 6.07 Å². The van der Waals surface area contributed by atoms with E-state index in [9.17, 15) is 10.1 Å². The molecule has 0 aliphatic rings. The van der Waals surface area contributed by atoms with Crippen molar-refractivity contribution in [3.05, 3.63) is 44.5 Å². The first-order chi connectivity index (χ1) is 9.65. The maximum atomic E-state index is 11.0. The lowest BCUT2D eigenvalue weighted by atomic mass is 10.2. The monoisotopic (exact) mass is 289 g/mol. The predicted molar refractivity (Wildman–Crippen MR) is 74.4 cm³/mol. The number of anilines is 1. The van der Waals surface area contributed by atoms with Gasteiger partial charge in [0.15, 0.2) is 0 Å². The minimum Gasteiger partial charge on any atom is -0.355 e. The smallest absolute Gasteiger partial charge is 0.312 e. The lowest BCUT2D eigenvalue weighted by Crippen LogP contribution is -2.12. The Morgan fingerprint density at radius 3 is 2.95 bits per heavy atom. The molecule has 0 saturated carbocycles. The predicted octanol–water partition coefficient (Wildman–Crippen LogP) is 2.88. The van der Waals surface area contributed by atoms with E-state index >= 15 is 0 Å². The van der Waals surface area contributed by atoms with Crippen molar-refractivity contribution in [2.24, 2.45) is 0 Å². The van der Waals surface area contributed by atoms with Crippen LogP contribution in [-0.4, -0.2) is 14.9 Å². The molecule has 0 radical (unpaired) electrons. The molecule has 0 amide bonds. The maximum Gasteiger partial charge on any atom is 0.312 e. The van der Waals surface area contributed by atoms with Crippen molar-refractivity contribution in [2.45, 2.75) is 19.4 Å². The molecule has 1 atom stereocenters. The molecule has 1 N–H and O–H groups in total. The van der Waals surface area contributed by atoms with Gasteiger partial charge in [-0.25, -0.2) is 9.97 Å². The van der Waals surface area contributed by atoms with Crippen molar-refractivity contribution >= 4 is 22.8 Å². The molecular formula is C12H11N5O2S. The Hall–Kier alpha value is -2.53. The molecule has 20 heavy (non-hydrogen) atoms. The van der Waals surface area contributed by atoms with Crippen LogP contribution in [-0.2, 0) is 0 Å². The first kappa shape index (κ1) is 13.9. The lowest BCUT2D eigenvalue weighted by molar-refractivity contribution is -0.384. The molecule has 2 heterocycles. The van der Waals surface area contributed by atoms with Crippen molar-refractivity contribution in [1.82, 2.24) is 9.97 Å². The summed E-state index contributed by atoms with van der Waals surface area (Å²) in [6, 6.07) is 2.91. The molecule has 2 aromatic rings. The average molecular weight is 289 g/mol. The van der Waals surface area contributed by atoms with Crippen molar-refractivity contribution < 1.29 is 4.92 Å². The Morgan fingerprint density at radius 1 is 1.60 bits per heavy atom. The summed E-state index contributed by atoms with van der Waals surface area (Å²) in [5.41, 5.74) is -0.0522. The van der Waals surface area contributed by atoms with Crippen LogP contribution < -0.4 is 5.32 Å². The third-order valence-electron chi connectivity index (χ3n) is 2.66. The molecule has 1 unspecified atom stereocenters. The van der Waals surface area contributed by atoms with Gasteiger partial charge >= 0.3 is 5.69 Å². The first-order valence-electron chi connectivity index (χ1n) is 5.86. The summed E-state index contributed by atoms with van der Waals surface area (Å²) in [6.07, 6.45) is 3.71. The molecule has 0 bridgehead atoms. The van der Waals surface area contributed by atoms with Gasteiger partial charge in [0, 0.05) is 23.8 Å². The quantitative estimate of drug-likeness (QED) is 0.670. The molecule has 0 aromatic carbocycles. The van der Waals surface area contributed by atoms with Gasteiger partial charge in [-0.1, -0.05) is 6.92 Å². The largest absolute Gasteiger partial charge is 0.355 e. The number of rotatable bonds is 5. The molecule has 102 valence electrons. The standard InChI is InChI=1S/C12H11N5O2S/c1-2-9(12-14-3-4-20-12)16-11-10(17(18)19)5-8(6-13)7-15-11/h3-5,7,9H,2H2,1H3,(H,15,16). The zero-order valence-corrected chi connectivity index (χ0v) is 11.4. The number of thiazole rings is 1. The number of hydrogen-bond acceptors (Lipinski definition) is 7. The fourth-order valence-corrected chi connectivity index (χ4v) is 2.45. The second-order valence-corrected chi connectivity index (χ2v) is 4.86. The molecule has 2 aromatic heterocycles. The van der Waals surface area contributed by atoms with Crippen LogP contribution >= 0.6 is 11.3 Å². The Bertz CT molecular complexity index is 650. The number of nitrogens with one attached hydrogen (secondary N) is 1. The molecule has 0 saturated heterocycles. The van der Waals surface area contributed by atoms with Crippen LogP contribution in [0.5, 0.6) is 0 Å². The van der Waals surface area contributed by atoms with Crippen LogP contribution in [0.1, 0.15) is 30.0 Å². The summed E-state index contributed by atoms with van der Waals surface area (Å²) in [6.45, 7) is 1.95. The second-order valence-electron chi connectivity index (χ2n) is 3.94. The molecule has 8 heteroatoms. The van der Waals surface area contributed by atoms with Gasteiger partial charge < -0.3 is 5.32 Å². The SMILES string of the molecule is CCC(Nc1ncc(C#N)cc1[N+](=O)[O-])c1nccs1. The number of hydrogen-bond donors (Lipinski definition) is 1. The maximum absolute atomic E-state index is 11.0. The Labute approximate surface area is 119 Å². The Morgan fingerprint density at radius 2 is 2.40 bits per heavy atom. The number of aromatic nitrogens is 2. The van der Waals surface area contributed by atoms with Crippen molar-refractivity contribution in [2.75, 3.05) is 5.32 Å². The second kappa shape index (κ2) is 6.08. The third-order valence-corrected chi connectivity index (χ3v) is 3.55. The van der Waals surface area contributed by atoms with Crippen LogP contribution in [0.25, 0.3) is 0 Å². The minimum absolute atomic E-state index is 0.144. The van der Waals surface area contributed by atoms with Crippen LogP contribution in [0.15, 0.2) is 23.8 Å². The van der Waals surface area contributed by atoms with Gasteiger partial charge in [-0.2, -0.15) is 5.26 Å². The van der Waals surface area contributed by atoms with Crippen LogP contribution in [0.4, 0.5) is 11.5 Å². The average Bonchev–Trinajstić information content (AvgIpc) is 2.98. The summed E-state index contributed by atoms with van der Waals surface area (Å²) in [4.78, 5) is 18.7. The number of nitrogens with zero attached hydrogens (tertiary/aromatic N) is 4. The number of nitriles is 1. The lowest BCUT2D eigenvalue weighted by Gasteiger charge is -2.14. The van der Waals surface area contributed by atoms with Gasteiger partial charge in [0.1, 0.15) is 11.1 Å². The zero-order chi connectivity index (χ0) is 14.5. The molecule has 7 nitrogen and oxygen atoms in total. The van der Waals surface area contributed by atoms with E-state index < -0.39 is 4.92 Å². The van der Waals surface area contributed by atoms with Gasteiger partial charge in [-0.15, -0.1) is 11.3 Å². The van der Waals surface area contributed by atoms with Crippen molar-refractivity contribution in [1.29, 1.82) is 5.26 Å². The molecular weight excluding hydrogens is 278 g/mol. The van der Waals surface area contributed by atoms with Crippen molar-refractivity contribution in [3.63, 3.8) is 0 Å². The number of nitro groups is 1. The van der Waals surface area contributed by atoms with E-state index in [1.165, 1.54) is 23.6 Å². The molecule has 0 aliphatic heterocycles. The van der Waals surface area contributed by atoms with Gasteiger partial charge in [-0.3, -0.25) is 10.1 Å². The Balaban J connectivity index is 2.33. The van der Waals surface area contributed by atoms with Gasteiger partial charge in [0.25, 0.3) is 0 Å². The fourth-order valence-electron chi connectivity index (χ4n) is 1.67. The van der Waals surface area contributed by atoms with E-state index in [1.54, 1.807) is 6.20 Å². The van der Waals surface area contributed by atoms with E-state index in [-0.39, 0.29) is 23.1 Å². The third kappa shape index (κ3) is 2.89. The molecule has 0 fully saturated rings. The summed E-state index contributed by atoms with van der Waals surface area (Å²) < 4.78 is 0. The zero-order valence-electron chi connectivity index (χ0n) is 10.6. The van der Waals surface area contributed by atoms with Crippen LogP contribution in [0.2, 0.25) is 0 Å². The topological polar surface area (TPSA) is 105 Å². The summed E-state index contributed by atoms with van der Waals surface area (Å²) in [7, 11) is 0. The van der Waals surface area contributed by atoms with E-state index in [4.69, 9.17) is 5.26 Å². The molecule has 0 aliphatic carbocycles. The van der Waals surface area contributed by atoms with Gasteiger partial charge in [-0.05, 0) is 6.42 Å². The highest BCUT2D eigenvalue weighted by Gasteiger charge is 2.20. The first-order valence-corrected chi connectivity index (χ1v) is 6.74. The van der Waals surface area contributed by atoms with Gasteiger partial charge in [0.05, 0.1) is 16.5 Å². The highest BCUT2D eigenvalue weighted by Crippen LogP contribution is 2.29. The summed E-state index contributed by atoms with van der Waals surface area (Å²) in [5.74, 6) is 0.149. The van der Waals surface area contributed by atoms with Crippen LogP contribution in [0, 0.1) is 21.4 Å². The molecule has 2 rings (SSSR count). The van der Waals surface area contributed by atoms with E-state index in [2.05, 4.69) is 15.3 Å². The normalized spacial score (nSPS) is 11.6. The Kier molecular flexibility index (Phi) is 4.22. The van der Waals surface area contributed by atoms with E-state index in [0.29, 0.717) is 6.42 Å². The number of pyridine rings is 1. The van der Waals surface area contributed by atoms with E-state index in [1.807, 2.05) is 18.4 Å². The summed E-state index contributed by atoms with van der Waals surface area (Å²) >= 11 is 1.47. The minimum atomic E-state index is -0.551. The van der Waals surface area contributed by atoms with E-state index in [0.717, 1.165) is 5.01 Å². The molecule has 0 spiro atoms. The van der Waals surface area contributed by atoms with Gasteiger partial charge in [0.2, 0.25) is 5.82 Å². The fraction of sp³-hybridized carbons (Fsp3) is 0.250. The highest BCUT2D eigenvalue weighted by molar-refractivity contribution is 7.09. The highest BCUT2D eigenvalue weighted by atomic mass is 32.1. The summed E-state index contributed by atoms with van der Waals surface area (Å²) in [5, 5.41) is 25.5. The van der Waals surface area contributed by atoms with Crippen LogP contribution in [0.3, 0.4) is 0 Å².